The van der Waals surface area contributed by atoms with Gasteiger partial charge in [0.25, 0.3) is 0 Å². The van der Waals surface area contributed by atoms with E-state index in [1.54, 1.807) is 13.8 Å². The highest BCUT2D eigenvalue weighted by atomic mass is 32.2. The molecule has 0 bridgehead atoms. The Hall–Kier alpha value is -2.64. The van der Waals surface area contributed by atoms with Crippen molar-refractivity contribution in [1.29, 1.82) is 0 Å². The number of fused-ring (bicyclic) bond motifs is 1. The molecule has 0 aliphatic heterocycles. The molecule has 28 heavy (non-hydrogen) atoms. The van der Waals surface area contributed by atoms with E-state index < -0.39 is 15.6 Å². The molecule has 2 aromatic carbocycles. The predicted octanol–water partition coefficient (Wildman–Crippen LogP) is 2.75. The summed E-state index contributed by atoms with van der Waals surface area (Å²) in [6, 6.07) is 19.9. The number of para-hydroxylation sites is 1. The van der Waals surface area contributed by atoms with Gasteiger partial charge in [-0.2, -0.15) is 0 Å². The van der Waals surface area contributed by atoms with Crippen LogP contribution in [-0.2, 0) is 21.4 Å². The Morgan fingerprint density at radius 3 is 2.36 bits per heavy atom. The SMILES string of the molecule is CC(C)(CNC(=O)Cn1c(-c2ccccc2)cc2ccccc21)NS(C)(=O)=O. The van der Waals surface area contributed by atoms with Crippen LogP contribution < -0.4 is 10.0 Å². The first-order chi connectivity index (χ1) is 13.1. The molecule has 2 N–H and O–H groups in total. The van der Waals surface area contributed by atoms with Crippen molar-refractivity contribution in [1.82, 2.24) is 14.6 Å². The third-order valence-corrected chi connectivity index (χ3v) is 5.29. The van der Waals surface area contributed by atoms with Gasteiger partial charge < -0.3 is 9.88 Å². The first-order valence-corrected chi connectivity index (χ1v) is 10.9. The summed E-state index contributed by atoms with van der Waals surface area (Å²) < 4.78 is 27.4. The molecule has 148 valence electrons. The second-order valence-electron chi connectivity index (χ2n) is 7.58. The smallest absolute Gasteiger partial charge is 0.240 e. The lowest BCUT2D eigenvalue weighted by Crippen LogP contribution is -2.51. The van der Waals surface area contributed by atoms with Gasteiger partial charge in [-0.3, -0.25) is 4.79 Å². The summed E-state index contributed by atoms with van der Waals surface area (Å²) in [5.74, 6) is -0.179. The van der Waals surface area contributed by atoms with Crippen LogP contribution in [0.5, 0.6) is 0 Å². The normalized spacial score (nSPS) is 12.2. The molecule has 0 saturated carbocycles. The minimum absolute atomic E-state index is 0.146. The highest BCUT2D eigenvalue weighted by molar-refractivity contribution is 7.88. The molecule has 3 aromatic rings. The average molecular weight is 400 g/mol. The van der Waals surface area contributed by atoms with Crippen molar-refractivity contribution in [3.63, 3.8) is 0 Å². The topological polar surface area (TPSA) is 80.2 Å². The number of hydrogen-bond donors (Lipinski definition) is 2. The van der Waals surface area contributed by atoms with Crippen LogP contribution in [0.1, 0.15) is 13.8 Å². The van der Waals surface area contributed by atoms with Gasteiger partial charge in [0.1, 0.15) is 6.54 Å². The number of nitrogens with one attached hydrogen (secondary N) is 2. The molecule has 0 radical (unpaired) electrons. The van der Waals surface area contributed by atoms with Crippen molar-refractivity contribution in [2.24, 2.45) is 0 Å². The summed E-state index contributed by atoms with van der Waals surface area (Å²) in [4.78, 5) is 12.6. The molecular formula is C21H25N3O3S. The maximum Gasteiger partial charge on any atom is 0.240 e. The van der Waals surface area contributed by atoms with E-state index in [1.807, 2.05) is 59.2 Å². The third kappa shape index (κ3) is 4.99. The Labute approximate surface area is 165 Å². The molecule has 0 aliphatic rings. The van der Waals surface area contributed by atoms with Crippen molar-refractivity contribution >= 4 is 26.8 Å². The van der Waals surface area contributed by atoms with Crippen LogP contribution in [0.2, 0.25) is 0 Å². The summed E-state index contributed by atoms with van der Waals surface area (Å²) in [6.07, 6.45) is 1.11. The molecule has 1 aromatic heterocycles. The Balaban J connectivity index is 1.83. The van der Waals surface area contributed by atoms with Crippen LogP contribution in [0, 0.1) is 0 Å². The number of nitrogens with zero attached hydrogens (tertiary/aromatic N) is 1. The van der Waals surface area contributed by atoms with Gasteiger partial charge in [-0.15, -0.1) is 0 Å². The molecule has 7 heteroatoms. The van der Waals surface area contributed by atoms with Crippen molar-refractivity contribution in [3.8, 4) is 11.3 Å². The van der Waals surface area contributed by atoms with Crippen LogP contribution in [0.25, 0.3) is 22.2 Å². The average Bonchev–Trinajstić information content (AvgIpc) is 2.98. The van der Waals surface area contributed by atoms with Crippen molar-refractivity contribution in [3.05, 3.63) is 60.7 Å². The Bertz CT molecular complexity index is 1090. The zero-order chi connectivity index (χ0) is 20.4. The fourth-order valence-electron chi connectivity index (χ4n) is 3.29. The van der Waals surface area contributed by atoms with Gasteiger partial charge in [0.05, 0.1) is 6.26 Å². The second-order valence-corrected chi connectivity index (χ2v) is 9.32. The lowest BCUT2D eigenvalue weighted by atomic mass is 10.1. The van der Waals surface area contributed by atoms with Crippen LogP contribution >= 0.6 is 0 Å². The molecule has 1 heterocycles. The Morgan fingerprint density at radius 2 is 1.68 bits per heavy atom. The number of hydrogen-bond acceptors (Lipinski definition) is 3. The lowest BCUT2D eigenvalue weighted by Gasteiger charge is -2.25. The molecule has 3 rings (SSSR count). The van der Waals surface area contributed by atoms with E-state index >= 15 is 0 Å². The summed E-state index contributed by atoms with van der Waals surface area (Å²) in [6.45, 7) is 3.80. The zero-order valence-electron chi connectivity index (χ0n) is 16.3. The molecule has 0 fully saturated rings. The molecular weight excluding hydrogens is 374 g/mol. The molecule has 1 amide bonds. The highest BCUT2D eigenvalue weighted by Crippen LogP contribution is 2.28. The van der Waals surface area contributed by atoms with E-state index in [1.165, 1.54) is 0 Å². The van der Waals surface area contributed by atoms with Crippen LogP contribution in [-0.4, -0.2) is 37.2 Å². The molecule has 0 unspecified atom stereocenters. The highest BCUT2D eigenvalue weighted by Gasteiger charge is 2.23. The number of benzene rings is 2. The maximum absolute atomic E-state index is 12.6. The third-order valence-electron chi connectivity index (χ3n) is 4.37. The van der Waals surface area contributed by atoms with Gasteiger partial charge in [-0.05, 0) is 31.5 Å². The van der Waals surface area contributed by atoms with Gasteiger partial charge in [-0.25, -0.2) is 13.1 Å². The first-order valence-electron chi connectivity index (χ1n) is 9.04. The first kappa shape index (κ1) is 20.1. The minimum atomic E-state index is -3.36. The fourth-order valence-corrected chi connectivity index (χ4v) is 4.36. The van der Waals surface area contributed by atoms with Gasteiger partial charge in [0, 0.05) is 28.7 Å². The van der Waals surface area contributed by atoms with Crippen molar-refractivity contribution in [2.45, 2.75) is 25.9 Å². The molecule has 0 saturated heterocycles. The zero-order valence-corrected chi connectivity index (χ0v) is 17.1. The standard InChI is InChI=1S/C21H25N3O3S/c1-21(2,23-28(3,26)27)15-22-20(25)14-24-18-12-8-7-11-17(18)13-19(24)16-9-5-4-6-10-16/h4-13,23H,14-15H2,1-3H3,(H,22,25). The van der Waals surface area contributed by atoms with Gasteiger partial charge in [0.2, 0.25) is 15.9 Å². The van der Waals surface area contributed by atoms with Crippen LogP contribution in [0.3, 0.4) is 0 Å². The molecule has 6 nitrogen and oxygen atoms in total. The molecule has 0 atom stereocenters. The molecule has 0 aliphatic carbocycles. The number of aromatic nitrogens is 1. The summed E-state index contributed by atoms with van der Waals surface area (Å²) in [7, 11) is -3.36. The number of rotatable bonds is 7. The van der Waals surface area contributed by atoms with Gasteiger partial charge in [-0.1, -0.05) is 48.5 Å². The van der Waals surface area contributed by atoms with Gasteiger partial charge >= 0.3 is 0 Å². The van der Waals surface area contributed by atoms with Crippen LogP contribution in [0.4, 0.5) is 0 Å². The van der Waals surface area contributed by atoms with E-state index in [-0.39, 0.29) is 19.0 Å². The Kier molecular flexibility index (Phi) is 5.58. The minimum Gasteiger partial charge on any atom is -0.353 e. The van der Waals surface area contributed by atoms with E-state index in [0.717, 1.165) is 28.4 Å². The quantitative estimate of drug-likeness (QED) is 0.641. The number of amides is 1. The number of carbonyl (C=O) groups excluding carboxylic acids is 1. The van der Waals surface area contributed by atoms with Crippen molar-refractivity contribution < 1.29 is 13.2 Å². The monoisotopic (exact) mass is 399 g/mol. The lowest BCUT2D eigenvalue weighted by molar-refractivity contribution is -0.121. The van der Waals surface area contributed by atoms with Gasteiger partial charge in [0.15, 0.2) is 0 Å². The molecule has 0 spiro atoms. The van der Waals surface area contributed by atoms with E-state index in [4.69, 9.17) is 0 Å². The summed E-state index contributed by atoms with van der Waals surface area (Å²) >= 11 is 0. The van der Waals surface area contributed by atoms with E-state index in [0.29, 0.717) is 0 Å². The number of carbonyl (C=O) groups is 1. The van der Waals surface area contributed by atoms with Crippen LogP contribution in [0.15, 0.2) is 60.7 Å². The predicted molar refractivity (Wildman–Crippen MR) is 112 cm³/mol. The summed E-state index contributed by atoms with van der Waals surface area (Å²) in [5, 5.41) is 3.90. The largest absolute Gasteiger partial charge is 0.353 e. The van der Waals surface area contributed by atoms with E-state index in [2.05, 4.69) is 16.1 Å². The number of sulfonamides is 1. The maximum atomic E-state index is 12.6. The van der Waals surface area contributed by atoms with Crippen molar-refractivity contribution in [2.75, 3.05) is 12.8 Å². The fraction of sp³-hybridized carbons (Fsp3) is 0.286. The van der Waals surface area contributed by atoms with E-state index in [9.17, 15) is 13.2 Å². The Morgan fingerprint density at radius 1 is 1.04 bits per heavy atom. The summed E-state index contributed by atoms with van der Waals surface area (Å²) in [5.41, 5.74) is 2.20. The second kappa shape index (κ2) is 7.77.